The van der Waals surface area contributed by atoms with Crippen molar-refractivity contribution in [2.75, 3.05) is 6.61 Å². The van der Waals surface area contributed by atoms with Crippen molar-refractivity contribution in [2.45, 2.75) is 19.9 Å². The lowest BCUT2D eigenvalue weighted by molar-refractivity contribution is 0.0947. The van der Waals surface area contributed by atoms with Crippen LogP contribution in [0.25, 0.3) is 0 Å². The molecule has 3 aromatic rings. The van der Waals surface area contributed by atoms with Crippen LogP contribution >= 0.6 is 0 Å². The number of nitrogens with zero attached hydrogens (tertiary/aromatic N) is 2. The van der Waals surface area contributed by atoms with E-state index in [1.165, 1.54) is 0 Å². The van der Waals surface area contributed by atoms with Crippen LogP contribution in [0, 0.1) is 6.92 Å². The molecule has 27 heavy (non-hydrogen) atoms. The van der Waals surface area contributed by atoms with Crippen molar-refractivity contribution >= 4 is 5.91 Å². The second-order valence-electron chi connectivity index (χ2n) is 6.28. The van der Waals surface area contributed by atoms with Gasteiger partial charge in [-0.3, -0.25) is 9.78 Å². The summed E-state index contributed by atoms with van der Waals surface area (Å²) in [6, 6.07) is 13.0. The van der Waals surface area contributed by atoms with Gasteiger partial charge in [-0.2, -0.15) is 0 Å². The lowest BCUT2D eigenvalue weighted by atomic mass is 10.1. The number of nitrogens with one attached hydrogen (secondary N) is 1. The van der Waals surface area contributed by atoms with Crippen LogP contribution in [0.15, 0.2) is 54.9 Å². The van der Waals surface area contributed by atoms with E-state index in [2.05, 4.69) is 15.3 Å². The Morgan fingerprint density at radius 1 is 1.19 bits per heavy atom. The van der Waals surface area contributed by atoms with E-state index in [4.69, 9.17) is 9.47 Å². The van der Waals surface area contributed by atoms with Gasteiger partial charge in [0.25, 0.3) is 5.91 Å². The summed E-state index contributed by atoms with van der Waals surface area (Å²) in [5, 5.41) is 2.93. The molecule has 6 heteroatoms. The molecule has 3 heterocycles. The first-order valence-corrected chi connectivity index (χ1v) is 8.78. The van der Waals surface area contributed by atoms with Crippen molar-refractivity contribution in [3.8, 4) is 17.4 Å². The van der Waals surface area contributed by atoms with E-state index in [1.54, 1.807) is 18.5 Å². The van der Waals surface area contributed by atoms with Crippen LogP contribution < -0.4 is 14.8 Å². The molecule has 1 aliphatic heterocycles. The van der Waals surface area contributed by atoms with Crippen molar-refractivity contribution < 1.29 is 14.3 Å². The standard InChI is InChI=1S/C21H19N3O3/c1-14-7-8-17(13-23-14)27-21-16(5-3-10-22-21)12-24-20(25)18-6-2-4-15-9-11-26-19(15)18/h2-8,10,13H,9,11-12H2,1H3,(H,24,25). The molecular formula is C21H19N3O3. The Bertz CT molecular complexity index is 971. The number of para-hydroxylation sites is 1. The number of benzene rings is 1. The molecular weight excluding hydrogens is 342 g/mol. The Labute approximate surface area is 157 Å². The van der Waals surface area contributed by atoms with Gasteiger partial charge in [0.1, 0.15) is 11.5 Å². The fraction of sp³-hybridized carbons (Fsp3) is 0.190. The molecule has 0 unspecified atom stereocenters. The first kappa shape index (κ1) is 17.0. The summed E-state index contributed by atoms with van der Waals surface area (Å²) in [7, 11) is 0. The Balaban J connectivity index is 1.48. The summed E-state index contributed by atoms with van der Waals surface area (Å²) in [6.07, 6.45) is 4.14. The SMILES string of the molecule is Cc1ccc(Oc2ncccc2CNC(=O)c2cccc3c2OCC3)cn1. The number of pyridine rings is 2. The molecule has 0 fully saturated rings. The molecule has 6 nitrogen and oxygen atoms in total. The highest BCUT2D eigenvalue weighted by atomic mass is 16.5. The number of hydrogen-bond donors (Lipinski definition) is 1. The van der Waals surface area contributed by atoms with Crippen LogP contribution in [-0.2, 0) is 13.0 Å². The minimum atomic E-state index is -0.180. The third-order valence-electron chi connectivity index (χ3n) is 4.35. The second kappa shape index (κ2) is 7.45. The van der Waals surface area contributed by atoms with Crippen LogP contribution in [0.1, 0.15) is 27.2 Å². The van der Waals surface area contributed by atoms with Crippen LogP contribution in [0.2, 0.25) is 0 Å². The minimum Gasteiger partial charge on any atom is -0.492 e. The number of ether oxygens (including phenoxy) is 2. The van der Waals surface area contributed by atoms with E-state index in [0.717, 1.165) is 23.2 Å². The molecule has 0 bridgehead atoms. The zero-order valence-corrected chi connectivity index (χ0v) is 14.9. The van der Waals surface area contributed by atoms with Gasteiger partial charge in [-0.25, -0.2) is 4.98 Å². The third kappa shape index (κ3) is 3.74. The fourth-order valence-electron chi connectivity index (χ4n) is 2.94. The monoisotopic (exact) mass is 361 g/mol. The highest BCUT2D eigenvalue weighted by Crippen LogP contribution is 2.29. The van der Waals surface area contributed by atoms with Crippen LogP contribution in [0.3, 0.4) is 0 Å². The van der Waals surface area contributed by atoms with Crippen LogP contribution in [0.4, 0.5) is 0 Å². The molecule has 0 atom stereocenters. The average molecular weight is 361 g/mol. The van der Waals surface area contributed by atoms with E-state index in [1.807, 2.05) is 43.3 Å². The Morgan fingerprint density at radius 2 is 2.11 bits per heavy atom. The molecule has 1 N–H and O–H groups in total. The van der Waals surface area contributed by atoms with Crippen molar-refractivity contribution in [1.29, 1.82) is 0 Å². The molecule has 4 rings (SSSR count). The first-order chi connectivity index (χ1) is 13.2. The number of hydrogen-bond acceptors (Lipinski definition) is 5. The number of aryl methyl sites for hydroxylation is 1. The van der Waals surface area contributed by atoms with Crippen LogP contribution in [0.5, 0.6) is 17.4 Å². The number of fused-ring (bicyclic) bond motifs is 1. The molecule has 136 valence electrons. The van der Waals surface area contributed by atoms with E-state index in [9.17, 15) is 4.79 Å². The van der Waals surface area contributed by atoms with E-state index >= 15 is 0 Å². The van der Waals surface area contributed by atoms with Gasteiger partial charge in [-0.05, 0) is 36.8 Å². The van der Waals surface area contributed by atoms with Gasteiger partial charge in [0.15, 0.2) is 0 Å². The third-order valence-corrected chi connectivity index (χ3v) is 4.35. The molecule has 1 amide bonds. The highest BCUT2D eigenvalue weighted by molar-refractivity contribution is 5.97. The number of rotatable bonds is 5. The summed E-state index contributed by atoms with van der Waals surface area (Å²) in [4.78, 5) is 21.1. The molecule has 0 saturated heterocycles. The number of carbonyl (C=O) groups is 1. The van der Waals surface area contributed by atoms with E-state index in [-0.39, 0.29) is 5.91 Å². The molecule has 0 spiro atoms. The maximum atomic E-state index is 12.6. The lowest BCUT2D eigenvalue weighted by Gasteiger charge is -2.12. The number of aromatic nitrogens is 2. The van der Waals surface area contributed by atoms with Gasteiger partial charge in [0.2, 0.25) is 5.88 Å². The predicted molar refractivity (Wildman–Crippen MR) is 100 cm³/mol. The van der Waals surface area contributed by atoms with Crippen LogP contribution in [-0.4, -0.2) is 22.5 Å². The van der Waals surface area contributed by atoms with Gasteiger partial charge in [0, 0.05) is 30.4 Å². The predicted octanol–water partition coefficient (Wildman–Crippen LogP) is 3.44. The summed E-state index contributed by atoms with van der Waals surface area (Å²) < 4.78 is 11.4. The quantitative estimate of drug-likeness (QED) is 0.754. The second-order valence-corrected chi connectivity index (χ2v) is 6.28. The molecule has 0 saturated carbocycles. The average Bonchev–Trinajstić information content (AvgIpc) is 3.17. The Hall–Kier alpha value is -3.41. The fourth-order valence-corrected chi connectivity index (χ4v) is 2.94. The number of carbonyl (C=O) groups excluding carboxylic acids is 1. The topological polar surface area (TPSA) is 73.3 Å². The Morgan fingerprint density at radius 3 is 2.96 bits per heavy atom. The van der Waals surface area contributed by atoms with E-state index in [0.29, 0.717) is 36.1 Å². The molecule has 2 aromatic heterocycles. The molecule has 1 aromatic carbocycles. The zero-order chi connectivity index (χ0) is 18.6. The maximum Gasteiger partial charge on any atom is 0.255 e. The van der Waals surface area contributed by atoms with Gasteiger partial charge in [0.05, 0.1) is 18.4 Å². The van der Waals surface area contributed by atoms with Gasteiger partial charge in [-0.1, -0.05) is 18.2 Å². The lowest BCUT2D eigenvalue weighted by Crippen LogP contribution is -2.23. The molecule has 0 radical (unpaired) electrons. The minimum absolute atomic E-state index is 0.180. The van der Waals surface area contributed by atoms with Crippen molar-refractivity contribution in [1.82, 2.24) is 15.3 Å². The van der Waals surface area contributed by atoms with Gasteiger partial charge >= 0.3 is 0 Å². The summed E-state index contributed by atoms with van der Waals surface area (Å²) in [5.41, 5.74) is 3.31. The van der Waals surface area contributed by atoms with E-state index < -0.39 is 0 Å². The summed E-state index contributed by atoms with van der Waals surface area (Å²) in [5.74, 6) is 1.54. The molecule has 1 aliphatic rings. The Kier molecular flexibility index (Phi) is 4.70. The maximum absolute atomic E-state index is 12.6. The largest absolute Gasteiger partial charge is 0.492 e. The summed E-state index contributed by atoms with van der Waals surface area (Å²) >= 11 is 0. The van der Waals surface area contributed by atoms with Crippen molar-refractivity contribution in [3.05, 3.63) is 77.2 Å². The smallest absolute Gasteiger partial charge is 0.255 e. The van der Waals surface area contributed by atoms with Gasteiger partial charge in [-0.15, -0.1) is 0 Å². The molecule has 0 aliphatic carbocycles. The van der Waals surface area contributed by atoms with Gasteiger partial charge < -0.3 is 14.8 Å². The zero-order valence-electron chi connectivity index (χ0n) is 14.9. The number of amides is 1. The highest BCUT2D eigenvalue weighted by Gasteiger charge is 2.20. The van der Waals surface area contributed by atoms with Crippen molar-refractivity contribution in [3.63, 3.8) is 0 Å². The summed E-state index contributed by atoms with van der Waals surface area (Å²) in [6.45, 7) is 2.82. The van der Waals surface area contributed by atoms with Crippen molar-refractivity contribution in [2.24, 2.45) is 0 Å². The first-order valence-electron chi connectivity index (χ1n) is 8.78. The normalized spacial score (nSPS) is 12.2.